The number of para-hydroxylation sites is 2. The summed E-state index contributed by atoms with van der Waals surface area (Å²) in [6, 6.07) is 16.9. The minimum absolute atomic E-state index is 0.138. The number of piperazine rings is 1. The van der Waals surface area contributed by atoms with Crippen molar-refractivity contribution in [1.82, 2.24) is 19.4 Å². The van der Waals surface area contributed by atoms with Crippen LogP contribution in [0.5, 0.6) is 5.75 Å². The van der Waals surface area contributed by atoms with Gasteiger partial charge in [-0.1, -0.05) is 18.2 Å². The second-order valence-electron chi connectivity index (χ2n) is 10.0. The smallest absolute Gasteiger partial charge is 0.225 e. The van der Waals surface area contributed by atoms with E-state index in [1.165, 1.54) is 5.52 Å². The third-order valence-corrected chi connectivity index (χ3v) is 7.50. The molecular weight excluding hydrogens is 438 g/mol. The number of fused-ring (bicyclic) bond motifs is 1. The number of anilines is 1. The lowest BCUT2D eigenvalue weighted by molar-refractivity contribution is -0.137. The fourth-order valence-electron chi connectivity index (χ4n) is 5.57. The van der Waals surface area contributed by atoms with Crippen LogP contribution < -0.4 is 9.64 Å². The van der Waals surface area contributed by atoms with Crippen LogP contribution in [0.1, 0.15) is 38.6 Å². The Morgan fingerprint density at radius 2 is 1.74 bits per heavy atom. The molecule has 1 aromatic heterocycles. The zero-order chi connectivity index (χ0) is 24.4. The van der Waals surface area contributed by atoms with E-state index in [-0.39, 0.29) is 5.92 Å². The quantitative estimate of drug-likeness (QED) is 0.535. The molecular formula is C28H37N5O2. The average Bonchev–Trinajstić information content (AvgIpc) is 3.27. The van der Waals surface area contributed by atoms with E-state index in [1.54, 1.807) is 7.11 Å². The number of carbonyl (C=O) groups is 1. The summed E-state index contributed by atoms with van der Waals surface area (Å²) in [5.41, 5.74) is 3.43. The van der Waals surface area contributed by atoms with Crippen LogP contribution in [0.15, 0.2) is 48.5 Å². The second-order valence-corrected chi connectivity index (χ2v) is 10.0. The molecule has 2 aromatic carbocycles. The van der Waals surface area contributed by atoms with Gasteiger partial charge in [-0.05, 0) is 64.0 Å². The van der Waals surface area contributed by atoms with Crippen LogP contribution in [0, 0.1) is 5.92 Å². The van der Waals surface area contributed by atoms with E-state index in [9.17, 15) is 4.79 Å². The van der Waals surface area contributed by atoms with E-state index in [1.807, 2.05) is 12.1 Å². The Hall–Kier alpha value is -3.06. The summed E-state index contributed by atoms with van der Waals surface area (Å²) in [7, 11) is 1.70. The second kappa shape index (κ2) is 10.3. The lowest BCUT2D eigenvalue weighted by atomic mass is 9.95. The fourth-order valence-corrected chi connectivity index (χ4v) is 5.57. The molecule has 3 aromatic rings. The molecule has 5 rings (SSSR count). The molecule has 0 bridgehead atoms. The van der Waals surface area contributed by atoms with E-state index in [2.05, 4.69) is 69.5 Å². The van der Waals surface area contributed by atoms with Crippen molar-refractivity contribution in [2.75, 3.05) is 51.3 Å². The van der Waals surface area contributed by atoms with Crippen molar-refractivity contribution in [3.8, 4) is 5.75 Å². The Labute approximate surface area is 208 Å². The molecule has 7 nitrogen and oxygen atoms in total. The summed E-state index contributed by atoms with van der Waals surface area (Å²) < 4.78 is 7.72. The van der Waals surface area contributed by atoms with Crippen molar-refractivity contribution < 1.29 is 9.53 Å². The molecule has 1 amide bonds. The summed E-state index contributed by atoms with van der Waals surface area (Å²) in [5, 5.41) is 0. The fraction of sp³-hybridized carbons (Fsp3) is 0.500. The lowest BCUT2D eigenvalue weighted by Gasteiger charge is -2.39. The van der Waals surface area contributed by atoms with Crippen LogP contribution in [0.2, 0.25) is 0 Å². The van der Waals surface area contributed by atoms with E-state index in [0.717, 1.165) is 81.4 Å². The van der Waals surface area contributed by atoms with Crippen LogP contribution in [0.25, 0.3) is 11.0 Å². The number of carbonyl (C=O) groups excluding carboxylic acids is 1. The Balaban J connectivity index is 1.14. The maximum atomic E-state index is 13.3. The van der Waals surface area contributed by atoms with Gasteiger partial charge in [-0.15, -0.1) is 0 Å². The molecule has 2 aliphatic heterocycles. The van der Waals surface area contributed by atoms with Crippen LogP contribution >= 0.6 is 0 Å². The molecule has 7 heteroatoms. The number of likely N-dealkylation sites (tertiary alicyclic amines) is 1. The molecule has 2 aliphatic rings. The highest BCUT2D eigenvalue weighted by molar-refractivity contribution is 5.79. The Kier molecular flexibility index (Phi) is 6.95. The lowest BCUT2D eigenvalue weighted by Crippen LogP contribution is -2.51. The maximum Gasteiger partial charge on any atom is 0.225 e. The third-order valence-electron chi connectivity index (χ3n) is 7.50. The number of hydrogen-bond acceptors (Lipinski definition) is 5. The van der Waals surface area contributed by atoms with Gasteiger partial charge in [0.2, 0.25) is 5.91 Å². The van der Waals surface area contributed by atoms with Crippen molar-refractivity contribution in [2.45, 2.75) is 39.3 Å². The van der Waals surface area contributed by atoms with Crippen molar-refractivity contribution >= 4 is 22.6 Å². The van der Waals surface area contributed by atoms with Gasteiger partial charge in [0, 0.05) is 49.9 Å². The number of aromatic nitrogens is 2. The first-order chi connectivity index (χ1) is 17.0. The number of benzene rings is 2. The van der Waals surface area contributed by atoms with Gasteiger partial charge in [-0.2, -0.15) is 0 Å². The number of amides is 1. The topological polar surface area (TPSA) is 53.8 Å². The van der Waals surface area contributed by atoms with Crippen LogP contribution in [-0.2, 0) is 11.3 Å². The molecule has 2 fully saturated rings. The maximum absolute atomic E-state index is 13.3. The van der Waals surface area contributed by atoms with Crippen molar-refractivity contribution in [2.24, 2.45) is 5.92 Å². The molecule has 186 valence electrons. The number of imidazole rings is 1. The highest BCUT2D eigenvalue weighted by atomic mass is 16.5. The molecule has 0 N–H and O–H groups in total. The number of nitrogens with zero attached hydrogens (tertiary/aromatic N) is 5. The Bertz CT molecular complexity index is 1160. The molecule has 0 atom stereocenters. The van der Waals surface area contributed by atoms with Crippen LogP contribution in [-0.4, -0.2) is 71.6 Å². The number of methoxy groups -OCH3 is 1. The summed E-state index contributed by atoms with van der Waals surface area (Å²) >= 11 is 0. The number of piperidine rings is 1. The van der Waals surface area contributed by atoms with E-state index in [0.29, 0.717) is 11.9 Å². The summed E-state index contributed by atoms with van der Waals surface area (Å²) in [6.07, 6.45) is 1.85. The highest BCUT2D eigenvalue weighted by Gasteiger charge is 2.31. The van der Waals surface area contributed by atoms with E-state index < -0.39 is 0 Å². The normalized spacial score (nSPS) is 17.9. The largest absolute Gasteiger partial charge is 0.497 e. The monoisotopic (exact) mass is 475 g/mol. The van der Waals surface area contributed by atoms with Gasteiger partial charge in [0.1, 0.15) is 11.6 Å². The molecule has 0 radical (unpaired) electrons. The zero-order valence-corrected chi connectivity index (χ0v) is 21.2. The first-order valence-corrected chi connectivity index (χ1v) is 12.9. The Morgan fingerprint density at radius 1 is 1.00 bits per heavy atom. The van der Waals surface area contributed by atoms with Crippen molar-refractivity contribution in [1.29, 1.82) is 0 Å². The Morgan fingerprint density at radius 3 is 2.46 bits per heavy atom. The SMILES string of the molecule is COc1cccc(N2CCN(C(=O)C3CCN(Cc4nc5ccccc5n4C(C)C)CC3)CC2)c1. The summed E-state index contributed by atoms with van der Waals surface area (Å²) in [4.78, 5) is 25.1. The third kappa shape index (κ3) is 5.01. The minimum Gasteiger partial charge on any atom is -0.497 e. The van der Waals surface area contributed by atoms with Gasteiger partial charge in [0.15, 0.2) is 0 Å². The first kappa shape index (κ1) is 23.7. The van der Waals surface area contributed by atoms with Gasteiger partial charge >= 0.3 is 0 Å². The summed E-state index contributed by atoms with van der Waals surface area (Å²) in [6.45, 7) is 10.5. The molecule has 0 saturated carbocycles. The zero-order valence-electron chi connectivity index (χ0n) is 21.2. The molecule has 0 unspecified atom stereocenters. The van der Waals surface area contributed by atoms with Crippen molar-refractivity contribution in [3.05, 3.63) is 54.4 Å². The predicted octanol–water partition coefficient (Wildman–Crippen LogP) is 4.19. The first-order valence-electron chi connectivity index (χ1n) is 12.9. The van der Waals surface area contributed by atoms with Gasteiger partial charge in [0.25, 0.3) is 0 Å². The van der Waals surface area contributed by atoms with Gasteiger partial charge in [-0.25, -0.2) is 4.98 Å². The van der Waals surface area contributed by atoms with E-state index >= 15 is 0 Å². The number of rotatable bonds is 6. The standard InChI is InChI=1S/C28H37N5O2/c1-21(2)33-26-10-5-4-9-25(26)29-27(33)20-30-13-11-22(12-14-30)28(34)32-17-15-31(16-18-32)23-7-6-8-24(19-23)35-3/h4-10,19,21-22H,11-18,20H2,1-3H3. The van der Waals surface area contributed by atoms with Crippen molar-refractivity contribution in [3.63, 3.8) is 0 Å². The summed E-state index contributed by atoms with van der Waals surface area (Å²) in [5.74, 6) is 2.47. The van der Waals surface area contributed by atoms with Gasteiger partial charge < -0.3 is 19.1 Å². The molecule has 0 spiro atoms. The molecule has 2 saturated heterocycles. The number of ether oxygens (including phenoxy) is 1. The highest BCUT2D eigenvalue weighted by Crippen LogP contribution is 2.26. The molecule has 3 heterocycles. The van der Waals surface area contributed by atoms with E-state index in [4.69, 9.17) is 9.72 Å². The molecule has 0 aliphatic carbocycles. The average molecular weight is 476 g/mol. The molecule has 35 heavy (non-hydrogen) atoms. The number of hydrogen-bond donors (Lipinski definition) is 0. The van der Waals surface area contributed by atoms with Gasteiger partial charge in [0.05, 0.1) is 24.7 Å². The minimum atomic E-state index is 0.138. The van der Waals surface area contributed by atoms with Crippen LogP contribution in [0.4, 0.5) is 5.69 Å². The predicted molar refractivity (Wildman–Crippen MR) is 140 cm³/mol. The van der Waals surface area contributed by atoms with Gasteiger partial charge in [-0.3, -0.25) is 9.69 Å². The van der Waals surface area contributed by atoms with Crippen LogP contribution in [0.3, 0.4) is 0 Å².